The number of anilines is 1. The normalized spacial score (nSPS) is 13.9. The maximum atomic E-state index is 13.2. The zero-order chi connectivity index (χ0) is 22.7. The first kappa shape index (κ1) is 21.3. The molecule has 0 radical (unpaired) electrons. The number of carboxylic acids is 1. The van der Waals surface area contributed by atoms with Crippen LogP contribution < -0.4 is 16.2 Å². The van der Waals surface area contributed by atoms with Crippen LogP contribution in [0.25, 0.3) is 5.69 Å². The van der Waals surface area contributed by atoms with Gasteiger partial charge in [0.2, 0.25) is 0 Å². The van der Waals surface area contributed by atoms with Crippen molar-refractivity contribution in [2.75, 3.05) is 5.32 Å². The topological polar surface area (TPSA) is 113 Å². The number of hydrogen-bond acceptors (Lipinski definition) is 5. The lowest BCUT2D eigenvalue weighted by molar-refractivity contribution is -0.137. The molecule has 1 aliphatic rings. The number of hydrogen-bond donors (Lipinski definition) is 3. The molecule has 3 aromatic rings. The highest BCUT2D eigenvalue weighted by atomic mass is 16.4. The molecule has 8 heteroatoms. The van der Waals surface area contributed by atoms with Gasteiger partial charge in [0, 0.05) is 24.0 Å². The number of aryl methyl sites for hydroxylation is 1. The van der Waals surface area contributed by atoms with Crippen LogP contribution in [0.15, 0.2) is 65.7 Å². The van der Waals surface area contributed by atoms with Gasteiger partial charge in [-0.1, -0.05) is 36.4 Å². The Balaban J connectivity index is 1.67. The summed E-state index contributed by atoms with van der Waals surface area (Å²) in [4.78, 5) is 41.2. The van der Waals surface area contributed by atoms with Gasteiger partial charge < -0.3 is 15.7 Å². The molecule has 0 saturated heterocycles. The molecule has 2 aromatic carbocycles. The summed E-state index contributed by atoms with van der Waals surface area (Å²) in [7, 11) is 0. The highest BCUT2D eigenvalue weighted by molar-refractivity contribution is 5.95. The SMILES string of the molecule is Cc1ccc(C(=O)NC2CC2)cc1-n1ccnc(NC(CC(=O)O)c2ccccc2)c1=O. The van der Waals surface area contributed by atoms with Crippen LogP contribution >= 0.6 is 0 Å². The smallest absolute Gasteiger partial charge is 0.305 e. The standard InChI is InChI=1S/C24H24N4O4/c1-15-7-8-17(23(31)26-18-9-10-18)13-20(15)28-12-11-25-22(24(28)32)27-19(14-21(29)30)16-5-3-2-4-6-16/h2-8,11-13,18-19H,9-10,14H2,1H3,(H,25,27)(H,26,31)(H,29,30). The number of amides is 1. The quantitative estimate of drug-likeness (QED) is 0.504. The second-order valence-corrected chi connectivity index (χ2v) is 7.91. The zero-order valence-electron chi connectivity index (χ0n) is 17.6. The minimum Gasteiger partial charge on any atom is -0.481 e. The van der Waals surface area contributed by atoms with E-state index < -0.39 is 17.6 Å². The molecule has 1 amide bonds. The Hall–Kier alpha value is -3.94. The zero-order valence-corrected chi connectivity index (χ0v) is 17.6. The lowest BCUT2D eigenvalue weighted by Crippen LogP contribution is -2.27. The van der Waals surface area contributed by atoms with Gasteiger partial charge in [0.25, 0.3) is 11.5 Å². The molecule has 1 heterocycles. The number of carbonyl (C=O) groups excluding carboxylic acids is 1. The van der Waals surface area contributed by atoms with E-state index in [4.69, 9.17) is 0 Å². The van der Waals surface area contributed by atoms with Crippen LogP contribution in [-0.4, -0.2) is 32.6 Å². The number of aromatic nitrogens is 2. The van der Waals surface area contributed by atoms with Crippen molar-refractivity contribution in [3.8, 4) is 5.69 Å². The highest BCUT2D eigenvalue weighted by Crippen LogP contribution is 2.22. The lowest BCUT2D eigenvalue weighted by atomic mass is 10.0. The summed E-state index contributed by atoms with van der Waals surface area (Å²) in [6, 6.07) is 13.9. The van der Waals surface area contributed by atoms with Crippen molar-refractivity contribution in [1.82, 2.24) is 14.9 Å². The van der Waals surface area contributed by atoms with Gasteiger partial charge in [0.15, 0.2) is 5.82 Å². The van der Waals surface area contributed by atoms with Crippen LogP contribution in [-0.2, 0) is 4.79 Å². The predicted molar refractivity (Wildman–Crippen MR) is 120 cm³/mol. The second kappa shape index (κ2) is 9.05. The molecule has 32 heavy (non-hydrogen) atoms. The Kier molecular flexibility index (Phi) is 6.02. The van der Waals surface area contributed by atoms with Gasteiger partial charge in [0.1, 0.15) is 0 Å². The van der Waals surface area contributed by atoms with Crippen LogP contribution in [0.2, 0.25) is 0 Å². The van der Waals surface area contributed by atoms with E-state index in [1.807, 2.05) is 25.1 Å². The van der Waals surface area contributed by atoms with E-state index in [1.54, 1.807) is 30.3 Å². The molecule has 0 bridgehead atoms. The second-order valence-electron chi connectivity index (χ2n) is 7.91. The average Bonchev–Trinajstić information content (AvgIpc) is 3.59. The lowest BCUT2D eigenvalue weighted by Gasteiger charge is -2.19. The van der Waals surface area contributed by atoms with Crippen LogP contribution in [0.1, 0.15) is 46.8 Å². The van der Waals surface area contributed by atoms with Crippen LogP contribution in [0, 0.1) is 6.92 Å². The van der Waals surface area contributed by atoms with E-state index in [9.17, 15) is 19.5 Å². The van der Waals surface area contributed by atoms with Gasteiger partial charge in [-0.3, -0.25) is 19.0 Å². The molecular weight excluding hydrogens is 408 g/mol. The Labute approximate surface area is 184 Å². The first-order valence-corrected chi connectivity index (χ1v) is 10.4. The third-order valence-corrected chi connectivity index (χ3v) is 5.38. The summed E-state index contributed by atoms with van der Waals surface area (Å²) in [6.45, 7) is 1.86. The number of carbonyl (C=O) groups is 2. The fourth-order valence-electron chi connectivity index (χ4n) is 3.48. The van der Waals surface area contributed by atoms with Gasteiger partial charge >= 0.3 is 5.97 Å². The molecular formula is C24H24N4O4. The summed E-state index contributed by atoms with van der Waals surface area (Å²) >= 11 is 0. The number of nitrogens with zero attached hydrogens (tertiary/aromatic N) is 2. The van der Waals surface area contributed by atoms with Gasteiger partial charge in [-0.25, -0.2) is 4.98 Å². The molecule has 1 atom stereocenters. The maximum absolute atomic E-state index is 13.2. The van der Waals surface area contributed by atoms with E-state index in [2.05, 4.69) is 15.6 Å². The van der Waals surface area contributed by atoms with Crippen molar-refractivity contribution in [3.05, 3.63) is 88.0 Å². The molecule has 1 saturated carbocycles. The Morgan fingerprint density at radius 1 is 1.19 bits per heavy atom. The van der Waals surface area contributed by atoms with Gasteiger partial charge in [-0.2, -0.15) is 0 Å². The largest absolute Gasteiger partial charge is 0.481 e. The van der Waals surface area contributed by atoms with Crippen molar-refractivity contribution in [2.45, 2.75) is 38.3 Å². The average molecular weight is 432 g/mol. The number of benzene rings is 2. The van der Waals surface area contributed by atoms with E-state index in [0.29, 0.717) is 11.3 Å². The van der Waals surface area contributed by atoms with Gasteiger partial charge in [-0.15, -0.1) is 0 Å². The van der Waals surface area contributed by atoms with Gasteiger partial charge in [-0.05, 0) is 43.0 Å². The Bertz CT molecular complexity index is 1200. The van der Waals surface area contributed by atoms with Crippen molar-refractivity contribution < 1.29 is 14.7 Å². The first-order chi connectivity index (χ1) is 15.4. The first-order valence-electron chi connectivity index (χ1n) is 10.4. The third-order valence-electron chi connectivity index (χ3n) is 5.38. The summed E-state index contributed by atoms with van der Waals surface area (Å²) in [6.07, 6.45) is 4.77. The summed E-state index contributed by atoms with van der Waals surface area (Å²) < 4.78 is 1.42. The number of aliphatic carboxylic acids is 1. The molecule has 0 spiro atoms. The molecule has 1 aliphatic carbocycles. The summed E-state index contributed by atoms with van der Waals surface area (Å²) in [5.74, 6) is -1.12. The fourth-order valence-corrected chi connectivity index (χ4v) is 3.48. The van der Waals surface area contributed by atoms with E-state index in [-0.39, 0.29) is 24.2 Å². The number of nitrogens with one attached hydrogen (secondary N) is 2. The highest BCUT2D eigenvalue weighted by Gasteiger charge is 2.24. The summed E-state index contributed by atoms with van der Waals surface area (Å²) in [5, 5.41) is 15.3. The molecule has 8 nitrogen and oxygen atoms in total. The summed E-state index contributed by atoms with van der Waals surface area (Å²) in [5.41, 5.74) is 2.17. The fraction of sp³-hybridized carbons (Fsp3) is 0.250. The number of carboxylic acid groups (broad SMARTS) is 1. The van der Waals surface area contributed by atoms with Crippen LogP contribution in [0.4, 0.5) is 5.82 Å². The monoisotopic (exact) mass is 432 g/mol. The molecule has 4 rings (SSSR count). The minimum absolute atomic E-state index is 0.0369. The number of rotatable bonds is 8. The van der Waals surface area contributed by atoms with Crippen LogP contribution in [0.5, 0.6) is 0 Å². The molecule has 1 unspecified atom stereocenters. The minimum atomic E-state index is -0.993. The molecule has 1 fully saturated rings. The van der Waals surface area contributed by atoms with E-state index in [1.165, 1.54) is 17.0 Å². The Morgan fingerprint density at radius 2 is 1.94 bits per heavy atom. The maximum Gasteiger partial charge on any atom is 0.305 e. The van der Waals surface area contributed by atoms with Crippen molar-refractivity contribution >= 4 is 17.7 Å². The van der Waals surface area contributed by atoms with Gasteiger partial charge in [0.05, 0.1) is 18.2 Å². The van der Waals surface area contributed by atoms with Crippen molar-refractivity contribution in [2.24, 2.45) is 0 Å². The van der Waals surface area contributed by atoms with Crippen molar-refractivity contribution in [1.29, 1.82) is 0 Å². The molecule has 1 aromatic heterocycles. The molecule has 0 aliphatic heterocycles. The Morgan fingerprint density at radius 3 is 2.62 bits per heavy atom. The van der Waals surface area contributed by atoms with E-state index >= 15 is 0 Å². The molecule has 3 N–H and O–H groups in total. The molecule has 164 valence electrons. The third kappa shape index (κ3) is 4.85. The predicted octanol–water partition coefficient (Wildman–Crippen LogP) is 3.06. The van der Waals surface area contributed by atoms with Crippen LogP contribution in [0.3, 0.4) is 0 Å². The van der Waals surface area contributed by atoms with Crippen molar-refractivity contribution in [3.63, 3.8) is 0 Å². The van der Waals surface area contributed by atoms with E-state index in [0.717, 1.165) is 24.0 Å².